The number of nitrogens with one attached hydrogen (secondary N) is 1. The Morgan fingerprint density at radius 3 is 2.63 bits per heavy atom. The van der Waals surface area contributed by atoms with Crippen molar-refractivity contribution in [3.8, 4) is 0 Å². The molecular formula is C15H27N3O. The largest absolute Gasteiger partial charge is 0.375 e. The Bertz CT molecular complexity index is 450. The Kier molecular flexibility index (Phi) is 4.02. The number of hydrogen-bond acceptors (Lipinski definition) is 3. The lowest BCUT2D eigenvalue weighted by atomic mass is 9.92. The third-order valence-electron chi connectivity index (χ3n) is 4.18. The molecular weight excluding hydrogens is 238 g/mol. The molecule has 4 nitrogen and oxygen atoms in total. The first-order chi connectivity index (χ1) is 8.80. The van der Waals surface area contributed by atoms with Gasteiger partial charge in [-0.05, 0) is 47.5 Å². The summed E-state index contributed by atoms with van der Waals surface area (Å²) in [6.07, 6.45) is 2.15. The maximum atomic E-state index is 5.78. The van der Waals surface area contributed by atoms with Crippen LogP contribution in [0.4, 0.5) is 0 Å². The van der Waals surface area contributed by atoms with Gasteiger partial charge in [-0.15, -0.1) is 0 Å². The molecule has 108 valence electrons. The molecule has 1 aliphatic rings. The minimum absolute atomic E-state index is 0.00529. The van der Waals surface area contributed by atoms with Crippen molar-refractivity contribution >= 4 is 0 Å². The van der Waals surface area contributed by atoms with Crippen molar-refractivity contribution in [3.63, 3.8) is 0 Å². The Hall–Kier alpha value is -0.870. The highest BCUT2D eigenvalue weighted by molar-refractivity contribution is 5.27. The molecule has 0 aliphatic carbocycles. The molecule has 19 heavy (non-hydrogen) atoms. The van der Waals surface area contributed by atoms with Gasteiger partial charge in [-0.1, -0.05) is 0 Å². The third-order valence-corrected chi connectivity index (χ3v) is 4.18. The molecule has 1 fully saturated rings. The van der Waals surface area contributed by atoms with Crippen LogP contribution in [0.25, 0.3) is 0 Å². The molecule has 0 bridgehead atoms. The van der Waals surface area contributed by atoms with Crippen LogP contribution in [0.15, 0.2) is 0 Å². The van der Waals surface area contributed by atoms with E-state index in [9.17, 15) is 0 Å². The quantitative estimate of drug-likeness (QED) is 0.913. The number of aromatic nitrogens is 2. The smallest absolute Gasteiger partial charge is 0.0644 e. The number of nitrogens with zero attached hydrogens (tertiary/aromatic N) is 2. The van der Waals surface area contributed by atoms with Crippen LogP contribution in [0.5, 0.6) is 0 Å². The zero-order chi connectivity index (χ0) is 14.2. The third kappa shape index (κ3) is 3.18. The van der Waals surface area contributed by atoms with E-state index in [-0.39, 0.29) is 5.60 Å². The van der Waals surface area contributed by atoms with Crippen LogP contribution in [0.2, 0.25) is 0 Å². The van der Waals surface area contributed by atoms with Gasteiger partial charge in [0.1, 0.15) is 0 Å². The summed E-state index contributed by atoms with van der Waals surface area (Å²) in [5, 5.41) is 8.26. The van der Waals surface area contributed by atoms with Gasteiger partial charge in [0.25, 0.3) is 0 Å². The fourth-order valence-electron chi connectivity index (χ4n) is 3.23. The van der Waals surface area contributed by atoms with Gasteiger partial charge in [0, 0.05) is 37.0 Å². The van der Waals surface area contributed by atoms with Crippen molar-refractivity contribution in [3.05, 3.63) is 17.0 Å². The number of ether oxygens (including phenoxy) is 1. The molecule has 1 aliphatic heterocycles. The molecule has 4 heteroatoms. The normalized spacial score (nSPS) is 24.4. The van der Waals surface area contributed by atoms with Gasteiger partial charge in [-0.25, -0.2) is 0 Å². The van der Waals surface area contributed by atoms with E-state index in [0.29, 0.717) is 12.1 Å². The number of rotatable bonds is 3. The van der Waals surface area contributed by atoms with Crippen molar-refractivity contribution in [2.24, 2.45) is 7.05 Å². The predicted molar refractivity (Wildman–Crippen MR) is 77.3 cm³/mol. The Morgan fingerprint density at radius 1 is 1.42 bits per heavy atom. The van der Waals surface area contributed by atoms with E-state index < -0.39 is 0 Å². The minimum Gasteiger partial charge on any atom is -0.375 e. The highest BCUT2D eigenvalue weighted by atomic mass is 16.5. The lowest BCUT2D eigenvalue weighted by Gasteiger charge is -2.37. The van der Waals surface area contributed by atoms with Crippen LogP contribution < -0.4 is 5.32 Å². The number of hydrogen-bond donors (Lipinski definition) is 1. The molecule has 2 rings (SSSR count). The molecule has 0 spiro atoms. The molecule has 2 unspecified atom stereocenters. The molecule has 0 amide bonds. The van der Waals surface area contributed by atoms with E-state index in [1.54, 1.807) is 0 Å². The van der Waals surface area contributed by atoms with Gasteiger partial charge in [-0.3, -0.25) is 4.68 Å². The minimum atomic E-state index is -0.00529. The summed E-state index contributed by atoms with van der Waals surface area (Å²) >= 11 is 0. The Morgan fingerprint density at radius 2 is 2.11 bits per heavy atom. The van der Waals surface area contributed by atoms with Crippen molar-refractivity contribution in [1.29, 1.82) is 0 Å². The van der Waals surface area contributed by atoms with E-state index in [4.69, 9.17) is 4.74 Å². The molecule has 1 saturated heterocycles. The average Bonchev–Trinajstić information content (AvgIpc) is 2.51. The molecule has 1 aromatic heterocycles. The topological polar surface area (TPSA) is 39.1 Å². The molecule has 1 N–H and O–H groups in total. The van der Waals surface area contributed by atoms with Crippen molar-refractivity contribution in [2.75, 3.05) is 6.61 Å². The van der Waals surface area contributed by atoms with Gasteiger partial charge in [0.15, 0.2) is 0 Å². The first-order valence-corrected chi connectivity index (χ1v) is 7.20. The average molecular weight is 265 g/mol. The van der Waals surface area contributed by atoms with Crippen LogP contribution in [-0.2, 0) is 11.8 Å². The van der Waals surface area contributed by atoms with Gasteiger partial charge in [0.2, 0.25) is 0 Å². The molecule has 0 saturated carbocycles. The summed E-state index contributed by atoms with van der Waals surface area (Å²) in [6, 6.07) is 0.866. The van der Waals surface area contributed by atoms with Crippen molar-refractivity contribution in [2.45, 2.75) is 65.1 Å². The Labute approximate surface area is 116 Å². The van der Waals surface area contributed by atoms with E-state index in [2.05, 4.69) is 45.0 Å². The first-order valence-electron chi connectivity index (χ1n) is 7.20. The van der Waals surface area contributed by atoms with Crippen molar-refractivity contribution in [1.82, 2.24) is 15.1 Å². The summed E-state index contributed by atoms with van der Waals surface area (Å²) in [7, 11) is 2.01. The Balaban J connectivity index is 2.06. The molecule has 0 radical (unpaired) electrons. The van der Waals surface area contributed by atoms with E-state index >= 15 is 0 Å². The molecule has 0 aromatic carbocycles. The summed E-state index contributed by atoms with van der Waals surface area (Å²) in [5.74, 6) is 0. The summed E-state index contributed by atoms with van der Waals surface area (Å²) in [5.41, 5.74) is 3.72. The zero-order valence-electron chi connectivity index (χ0n) is 13.1. The van der Waals surface area contributed by atoms with Gasteiger partial charge < -0.3 is 10.1 Å². The zero-order valence-corrected chi connectivity index (χ0v) is 13.1. The first kappa shape index (κ1) is 14.5. The van der Waals surface area contributed by atoms with Gasteiger partial charge in [0.05, 0.1) is 11.3 Å². The van der Waals surface area contributed by atoms with E-state index in [0.717, 1.165) is 25.1 Å². The van der Waals surface area contributed by atoms with Crippen LogP contribution in [-0.4, -0.2) is 28.0 Å². The SMILES string of the molecule is Cc1nn(C)c(C)c1C(C)NC1CCOC(C)(C)C1. The van der Waals surface area contributed by atoms with Gasteiger partial charge >= 0.3 is 0 Å². The van der Waals surface area contributed by atoms with Gasteiger partial charge in [-0.2, -0.15) is 5.10 Å². The highest BCUT2D eigenvalue weighted by Gasteiger charge is 2.30. The second-order valence-electron chi connectivity index (χ2n) is 6.39. The fraction of sp³-hybridized carbons (Fsp3) is 0.800. The standard InChI is InChI=1S/C15H27N3O/c1-10(14-11(2)17-18(6)12(14)3)16-13-7-8-19-15(4,5)9-13/h10,13,16H,7-9H2,1-6H3. The summed E-state index contributed by atoms with van der Waals surface area (Å²) in [6.45, 7) is 11.7. The maximum Gasteiger partial charge on any atom is 0.0644 e. The second-order valence-corrected chi connectivity index (χ2v) is 6.39. The number of aryl methyl sites for hydroxylation is 2. The van der Waals surface area contributed by atoms with E-state index in [1.165, 1.54) is 11.3 Å². The summed E-state index contributed by atoms with van der Waals surface area (Å²) < 4.78 is 7.75. The molecule has 1 aromatic rings. The maximum absolute atomic E-state index is 5.78. The lowest BCUT2D eigenvalue weighted by molar-refractivity contribution is -0.0640. The monoisotopic (exact) mass is 265 g/mol. The van der Waals surface area contributed by atoms with Crippen molar-refractivity contribution < 1.29 is 4.74 Å². The highest BCUT2D eigenvalue weighted by Crippen LogP contribution is 2.27. The van der Waals surface area contributed by atoms with Crippen LogP contribution in [0, 0.1) is 13.8 Å². The summed E-state index contributed by atoms with van der Waals surface area (Å²) in [4.78, 5) is 0. The second kappa shape index (κ2) is 5.25. The van der Waals surface area contributed by atoms with Crippen LogP contribution in [0.3, 0.4) is 0 Å². The van der Waals surface area contributed by atoms with Crippen LogP contribution >= 0.6 is 0 Å². The fourth-order valence-corrected chi connectivity index (χ4v) is 3.23. The van der Waals surface area contributed by atoms with Crippen LogP contribution in [0.1, 0.15) is 56.6 Å². The van der Waals surface area contributed by atoms with E-state index in [1.807, 2.05) is 11.7 Å². The molecule has 2 atom stereocenters. The molecule has 2 heterocycles. The predicted octanol–water partition coefficient (Wildman–Crippen LogP) is 2.65. The lowest BCUT2D eigenvalue weighted by Crippen LogP contribution is -2.44.